The maximum atomic E-state index is 13.3. The molecule has 0 saturated carbocycles. The number of aryl methyl sites for hydroxylation is 2. The molecule has 0 aliphatic heterocycles. The lowest BCUT2D eigenvalue weighted by atomic mass is 10.1. The molecule has 0 saturated heterocycles. The van der Waals surface area contributed by atoms with E-state index in [4.69, 9.17) is 9.72 Å². The molecule has 154 valence electrons. The fourth-order valence-electron chi connectivity index (χ4n) is 3.54. The van der Waals surface area contributed by atoms with Gasteiger partial charge in [-0.15, -0.1) is 0 Å². The Hall–Kier alpha value is -2.73. The molecule has 29 heavy (non-hydrogen) atoms. The summed E-state index contributed by atoms with van der Waals surface area (Å²) >= 11 is 0. The van der Waals surface area contributed by atoms with E-state index in [-0.39, 0.29) is 17.8 Å². The van der Waals surface area contributed by atoms with E-state index < -0.39 is 0 Å². The van der Waals surface area contributed by atoms with Crippen molar-refractivity contribution in [2.45, 2.75) is 39.7 Å². The highest BCUT2D eigenvalue weighted by molar-refractivity contribution is 5.85. The van der Waals surface area contributed by atoms with Gasteiger partial charge in [-0.25, -0.2) is 9.37 Å². The molecule has 1 N–H and O–H groups in total. The molecule has 0 bridgehead atoms. The Morgan fingerprint density at radius 2 is 1.90 bits per heavy atom. The van der Waals surface area contributed by atoms with Gasteiger partial charge < -0.3 is 14.6 Å². The first-order chi connectivity index (χ1) is 13.9. The van der Waals surface area contributed by atoms with Crippen LogP contribution in [0.5, 0.6) is 0 Å². The van der Waals surface area contributed by atoms with Crippen LogP contribution in [0.1, 0.15) is 41.9 Å². The van der Waals surface area contributed by atoms with Gasteiger partial charge in [0.2, 0.25) is 5.91 Å². The van der Waals surface area contributed by atoms with E-state index in [0.29, 0.717) is 26.0 Å². The second kappa shape index (κ2) is 9.18. The largest absolute Gasteiger partial charge is 0.383 e. The molecule has 1 heterocycles. The van der Waals surface area contributed by atoms with Crippen molar-refractivity contribution < 1.29 is 13.9 Å². The van der Waals surface area contributed by atoms with Gasteiger partial charge in [0.15, 0.2) is 0 Å². The van der Waals surface area contributed by atoms with Crippen molar-refractivity contribution in [2.75, 3.05) is 20.3 Å². The number of amides is 1. The zero-order chi connectivity index (χ0) is 21.0. The third-order valence-corrected chi connectivity index (χ3v) is 5.26. The van der Waals surface area contributed by atoms with Gasteiger partial charge in [0.25, 0.3) is 0 Å². The van der Waals surface area contributed by atoms with Gasteiger partial charge in [-0.3, -0.25) is 4.79 Å². The Bertz CT molecular complexity index is 996. The van der Waals surface area contributed by atoms with E-state index in [1.807, 2.05) is 11.5 Å². The number of halogens is 1. The van der Waals surface area contributed by atoms with Crippen molar-refractivity contribution in [3.63, 3.8) is 0 Å². The van der Waals surface area contributed by atoms with Crippen LogP contribution in [-0.4, -0.2) is 35.7 Å². The minimum atomic E-state index is -0.380. The maximum absolute atomic E-state index is 13.3. The normalized spacial score (nSPS) is 12.3. The number of hydrogen-bond donors (Lipinski definition) is 1. The standard InChI is InChI=1S/C23H28FN3O2/c1-5-20(23(28)25-10-11-29-4)27-21-13-16(3)15(2)12-19(21)26-22(27)14-17-6-8-18(24)9-7-17/h6-9,12-13,20H,5,10-11,14H2,1-4H3,(H,25,28). The minimum absolute atomic E-state index is 0.0533. The van der Waals surface area contributed by atoms with Crippen molar-refractivity contribution in [3.05, 3.63) is 64.7 Å². The van der Waals surface area contributed by atoms with E-state index >= 15 is 0 Å². The molecule has 3 aromatic rings. The minimum Gasteiger partial charge on any atom is -0.383 e. The Balaban J connectivity index is 2.06. The average molecular weight is 397 g/mol. The van der Waals surface area contributed by atoms with Crippen molar-refractivity contribution in [1.82, 2.24) is 14.9 Å². The maximum Gasteiger partial charge on any atom is 0.243 e. The van der Waals surface area contributed by atoms with Crippen LogP contribution in [0.25, 0.3) is 11.0 Å². The van der Waals surface area contributed by atoms with Crippen LogP contribution in [0.2, 0.25) is 0 Å². The lowest BCUT2D eigenvalue weighted by molar-refractivity contribution is -0.124. The lowest BCUT2D eigenvalue weighted by Crippen LogP contribution is -2.35. The molecular weight excluding hydrogens is 369 g/mol. The first-order valence-electron chi connectivity index (χ1n) is 9.93. The number of nitrogens with one attached hydrogen (secondary N) is 1. The highest BCUT2D eigenvalue weighted by Gasteiger charge is 2.24. The van der Waals surface area contributed by atoms with Crippen molar-refractivity contribution in [2.24, 2.45) is 0 Å². The number of methoxy groups -OCH3 is 1. The molecule has 1 unspecified atom stereocenters. The van der Waals surface area contributed by atoms with Gasteiger partial charge in [0.1, 0.15) is 17.7 Å². The molecule has 0 aliphatic rings. The van der Waals surface area contributed by atoms with E-state index in [0.717, 1.165) is 33.5 Å². The van der Waals surface area contributed by atoms with Crippen LogP contribution in [0.4, 0.5) is 4.39 Å². The van der Waals surface area contributed by atoms with Gasteiger partial charge in [-0.2, -0.15) is 0 Å². The zero-order valence-corrected chi connectivity index (χ0v) is 17.5. The van der Waals surface area contributed by atoms with E-state index in [2.05, 4.69) is 31.3 Å². The van der Waals surface area contributed by atoms with Crippen LogP contribution < -0.4 is 5.32 Å². The second-order valence-electron chi connectivity index (χ2n) is 7.33. The smallest absolute Gasteiger partial charge is 0.243 e. The highest BCUT2D eigenvalue weighted by atomic mass is 19.1. The number of carbonyl (C=O) groups is 1. The number of rotatable bonds is 8. The second-order valence-corrected chi connectivity index (χ2v) is 7.33. The fraction of sp³-hybridized carbons (Fsp3) is 0.391. The predicted molar refractivity (Wildman–Crippen MR) is 113 cm³/mol. The number of ether oxygens (including phenoxy) is 1. The summed E-state index contributed by atoms with van der Waals surface area (Å²) in [6.07, 6.45) is 1.16. The molecule has 5 nitrogen and oxygen atoms in total. The molecular formula is C23H28FN3O2. The van der Waals surface area contributed by atoms with Crippen LogP contribution in [0.3, 0.4) is 0 Å². The van der Waals surface area contributed by atoms with Crippen molar-refractivity contribution in [1.29, 1.82) is 0 Å². The Labute approximate surface area is 170 Å². The van der Waals surface area contributed by atoms with Crippen LogP contribution >= 0.6 is 0 Å². The first kappa shape index (κ1) is 21.0. The summed E-state index contributed by atoms with van der Waals surface area (Å²) in [5.74, 6) is 0.477. The number of nitrogens with zero attached hydrogens (tertiary/aromatic N) is 2. The number of hydrogen-bond acceptors (Lipinski definition) is 3. The molecule has 0 spiro atoms. The van der Waals surface area contributed by atoms with Gasteiger partial charge in [-0.1, -0.05) is 19.1 Å². The molecule has 0 aliphatic carbocycles. The monoisotopic (exact) mass is 397 g/mol. The third-order valence-electron chi connectivity index (χ3n) is 5.26. The molecule has 3 rings (SSSR count). The van der Waals surface area contributed by atoms with E-state index in [1.54, 1.807) is 19.2 Å². The average Bonchev–Trinajstić information content (AvgIpc) is 3.02. The quantitative estimate of drug-likeness (QED) is 0.583. The number of carbonyl (C=O) groups excluding carboxylic acids is 1. The summed E-state index contributed by atoms with van der Waals surface area (Å²) in [5.41, 5.74) is 5.08. The molecule has 1 atom stereocenters. The Morgan fingerprint density at radius 3 is 2.55 bits per heavy atom. The number of fused-ring (bicyclic) bond motifs is 1. The van der Waals surface area contributed by atoms with Crippen LogP contribution in [0, 0.1) is 19.7 Å². The molecule has 0 fully saturated rings. The van der Waals surface area contributed by atoms with Crippen molar-refractivity contribution in [3.8, 4) is 0 Å². The number of aromatic nitrogens is 2. The molecule has 6 heteroatoms. The van der Waals surface area contributed by atoms with Gasteiger partial charge in [0.05, 0.1) is 17.6 Å². The predicted octanol–water partition coefficient (Wildman–Crippen LogP) is 4.10. The molecule has 2 aromatic carbocycles. The summed E-state index contributed by atoms with van der Waals surface area (Å²) in [6, 6.07) is 10.2. The van der Waals surface area contributed by atoms with Crippen molar-refractivity contribution >= 4 is 16.9 Å². The summed E-state index contributed by atoms with van der Waals surface area (Å²) in [5, 5.41) is 2.95. The Kier molecular flexibility index (Phi) is 6.64. The first-order valence-corrected chi connectivity index (χ1v) is 9.93. The zero-order valence-electron chi connectivity index (χ0n) is 17.5. The van der Waals surface area contributed by atoms with Crippen LogP contribution in [0.15, 0.2) is 36.4 Å². The summed E-state index contributed by atoms with van der Waals surface area (Å²) in [6.45, 7) is 7.04. The molecule has 0 radical (unpaired) electrons. The van der Waals surface area contributed by atoms with Gasteiger partial charge >= 0.3 is 0 Å². The van der Waals surface area contributed by atoms with Crippen LogP contribution in [-0.2, 0) is 16.0 Å². The van der Waals surface area contributed by atoms with E-state index in [1.165, 1.54) is 12.1 Å². The SMILES string of the molecule is CCC(C(=O)NCCOC)n1c(Cc2ccc(F)cc2)nc2cc(C)c(C)cc21. The third kappa shape index (κ3) is 4.65. The number of imidazole rings is 1. The summed E-state index contributed by atoms with van der Waals surface area (Å²) in [7, 11) is 1.61. The molecule has 1 aromatic heterocycles. The molecule has 1 amide bonds. The fourth-order valence-corrected chi connectivity index (χ4v) is 3.54. The van der Waals surface area contributed by atoms with Gasteiger partial charge in [-0.05, 0) is 61.2 Å². The van der Waals surface area contributed by atoms with Gasteiger partial charge in [0, 0.05) is 20.1 Å². The van der Waals surface area contributed by atoms with E-state index in [9.17, 15) is 9.18 Å². The number of benzene rings is 2. The summed E-state index contributed by atoms with van der Waals surface area (Å²) < 4.78 is 20.4. The summed E-state index contributed by atoms with van der Waals surface area (Å²) in [4.78, 5) is 17.8. The Morgan fingerprint density at radius 1 is 1.21 bits per heavy atom. The lowest BCUT2D eigenvalue weighted by Gasteiger charge is -2.20. The highest BCUT2D eigenvalue weighted by Crippen LogP contribution is 2.27. The topological polar surface area (TPSA) is 56.1 Å².